The number of hydrogen-bond donors (Lipinski definition) is 0. The van der Waals surface area contributed by atoms with Crippen LogP contribution in [0.15, 0.2) is 115 Å². The summed E-state index contributed by atoms with van der Waals surface area (Å²) in [6.45, 7) is 6.87. The third kappa shape index (κ3) is 5.73. The molecular formula is C27H26O2. The van der Waals surface area contributed by atoms with Gasteiger partial charge in [0.25, 0.3) is 0 Å². The van der Waals surface area contributed by atoms with Gasteiger partial charge >= 0.3 is 0 Å². The predicted molar refractivity (Wildman–Crippen MR) is 120 cm³/mol. The van der Waals surface area contributed by atoms with E-state index in [4.69, 9.17) is 9.47 Å². The number of rotatable bonds is 9. The average molecular weight is 383 g/mol. The van der Waals surface area contributed by atoms with Gasteiger partial charge in [0.2, 0.25) is 0 Å². The molecule has 0 bridgehead atoms. The molecule has 2 heteroatoms. The van der Waals surface area contributed by atoms with Gasteiger partial charge in [0, 0.05) is 11.1 Å². The summed E-state index contributed by atoms with van der Waals surface area (Å²) in [4.78, 5) is 0. The molecule has 0 aliphatic rings. The highest BCUT2D eigenvalue weighted by Gasteiger charge is 2.14. The monoisotopic (exact) mass is 382 g/mol. The Morgan fingerprint density at radius 3 is 2.00 bits per heavy atom. The maximum Gasteiger partial charge on any atom is 0.127 e. The Labute approximate surface area is 173 Å². The van der Waals surface area contributed by atoms with E-state index in [0.717, 1.165) is 33.8 Å². The fourth-order valence-electron chi connectivity index (χ4n) is 3.02. The average Bonchev–Trinajstić information content (AvgIpc) is 2.79. The summed E-state index contributed by atoms with van der Waals surface area (Å²) >= 11 is 0. The summed E-state index contributed by atoms with van der Waals surface area (Å²) in [5.41, 5.74) is 4.17. The molecule has 0 spiro atoms. The van der Waals surface area contributed by atoms with Gasteiger partial charge in [0.1, 0.15) is 24.7 Å². The normalized spacial score (nSPS) is 11.8. The van der Waals surface area contributed by atoms with Crippen LogP contribution in [0.3, 0.4) is 0 Å². The van der Waals surface area contributed by atoms with E-state index in [-0.39, 0.29) is 0 Å². The summed E-state index contributed by atoms with van der Waals surface area (Å²) in [5.74, 6) is 1.61. The van der Waals surface area contributed by atoms with Crippen LogP contribution in [-0.2, 0) is 18.0 Å². The summed E-state index contributed by atoms with van der Waals surface area (Å²) in [6, 6.07) is 28.3. The lowest BCUT2D eigenvalue weighted by Crippen LogP contribution is -2.01. The topological polar surface area (TPSA) is 18.5 Å². The number of benzene rings is 3. The van der Waals surface area contributed by atoms with Crippen molar-refractivity contribution in [1.29, 1.82) is 0 Å². The second kappa shape index (κ2) is 10.7. The van der Waals surface area contributed by atoms with Crippen molar-refractivity contribution in [1.82, 2.24) is 0 Å². The van der Waals surface area contributed by atoms with Crippen molar-refractivity contribution < 1.29 is 9.47 Å². The van der Waals surface area contributed by atoms with Crippen LogP contribution < -0.4 is 4.74 Å². The molecule has 3 aromatic carbocycles. The van der Waals surface area contributed by atoms with Gasteiger partial charge in [-0.25, -0.2) is 0 Å². The molecule has 3 aromatic rings. The van der Waals surface area contributed by atoms with Crippen molar-refractivity contribution in [3.8, 4) is 5.75 Å². The number of hydrogen-bond acceptors (Lipinski definition) is 2. The Hall–Kier alpha value is -3.52. The molecule has 0 aromatic heterocycles. The van der Waals surface area contributed by atoms with E-state index in [1.165, 1.54) is 0 Å². The molecule has 0 amide bonds. The van der Waals surface area contributed by atoms with E-state index in [0.29, 0.717) is 13.2 Å². The molecule has 0 saturated carbocycles. The molecule has 146 valence electrons. The fraction of sp³-hybridized carbons (Fsp3) is 0.111. The van der Waals surface area contributed by atoms with Crippen LogP contribution in [0, 0.1) is 0 Å². The quantitative estimate of drug-likeness (QED) is 0.294. The highest BCUT2D eigenvalue weighted by Crippen LogP contribution is 2.32. The first-order valence-corrected chi connectivity index (χ1v) is 9.74. The van der Waals surface area contributed by atoms with E-state index in [2.05, 4.69) is 30.8 Å². The summed E-state index contributed by atoms with van der Waals surface area (Å²) in [7, 11) is 0. The SMILES string of the molecule is C=C/C=C(\C(=C/C)OCc1ccccc1)c1ccccc1OCc1ccccc1. The van der Waals surface area contributed by atoms with E-state index >= 15 is 0 Å². The predicted octanol–water partition coefficient (Wildman–Crippen LogP) is 6.96. The molecule has 0 unspecified atom stereocenters. The van der Waals surface area contributed by atoms with Crippen LogP contribution >= 0.6 is 0 Å². The van der Waals surface area contributed by atoms with E-state index in [9.17, 15) is 0 Å². The van der Waals surface area contributed by atoms with E-state index in [1.54, 1.807) is 6.08 Å². The van der Waals surface area contributed by atoms with Crippen LogP contribution in [0.1, 0.15) is 23.6 Å². The van der Waals surface area contributed by atoms with Crippen molar-refractivity contribution in [2.75, 3.05) is 0 Å². The molecule has 0 N–H and O–H groups in total. The first-order valence-electron chi connectivity index (χ1n) is 9.74. The smallest absolute Gasteiger partial charge is 0.127 e. The largest absolute Gasteiger partial charge is 0.489 e. The van der Waals surface area contributed by atoms with Crippen LogP contribution in [0.25, 0.3) is 5.57 Å². The highest BCUT2D eigenvalue weighted by atomic mass is 16.5. The minimum atomic E-state index is 0.502. The minimum Gasteiger partial charge on any atom is -0.489 e. The van der Waals surface area contributed by atoms with E-state index in [1.807, 2.05) is 79.7 Å². The van der Waals surface area contributed by atoms with Crippen molar-refractivity contribution in [3.05, 3.63) is 132 Å². The Bertz CT molecular complexity index is 970. The molecule has 29 heavy (non-hydrogen) atoms. The molecule has 0 saturated heterocycles. The van der Waals surface area contributed by atoms with Crippen molar-refractivity contribution in [2.24, 2.45) is 0 Å². The molecule has 0 aliphatic carbocycles. The Balaban J connectivity index is 1.82. The lowest BCUT2D eigenvalue weighted by Gasteiger charge is -2.17. The van der Waals surface area contributed by atoms with Gasteiger partial charge in [-0.1, -0.05) is 97.6 Å². The van der Waals surface area contributed by atoms with Gasteiger partial charge < -0.3 is 9.47 Å². The Morgan fingerprint density at radius 2 is 1.38 bits per heavy atom. The van der Waals surface area contributed by atoms with Crippen LogP contribution in [0.2, 0.25) is 0 Å². The maximum absolute atomic E-state index is 6.15. The number of ether oxygens (including phenoxy) is 2. The minimum absolute atomic E-state index is 0.502. The zero-order valence-electron chi connectivity index (χ0n) is 16.8. The van der Waals surface area contributed by atoms with Gasteiger partial charge in [0.05, 0.1) is 0 Å². The molecule has 3 rings (SSSR count). The van der Waals surface area contributed by atoms with Crippen LogP contribution in [-0.4, -0.2) is 0 Å². The third-order valence-corrected chi connectivity index (χ3v) is 4.46. The first kappa shape index (κ1) is 20.2. The second-order valence-electron chi connectivity index (χ2n) is 6.51. The lowest BCUT2D eigenvalue weighted by molar-refractivity contribution is 0.213. The first-order chi connectivity index (χ1) is 14.3. The van der Waals surface area contributed by atoms with Gasteiger partial charge in [-0.2, -0.15) is 0 Å². The van der Waals surface area contributed by atoms with Crippen LogP contribution in [0.4, 0.5) is 0 Å². The summed E-state index contributed by atoms with van der Waals surface area (Å²) in [6.07, 6.45) is 5.72. The zero-order valence-corrected chi connectivity index (χ0v) is 16.8. The molecular weight excluding hydrogens is 356 g/mol. The Morgan fingerprint density at radius 1 is 0.793 bits per heavy atom. The molecule has 0 atom stereocenters. The van der Waals surface area contributed by atoms with Crippen molar-refractivity contribution in [3.63, 3.8) is 0 Å². The molecule has 2 nitrogen and oxygen atoms in total. The second-order valence-corrected chi connectivity index (χ2v) is 6.51. The summed E-state index contributed by atoms with van der Waals surface area (Å²) in [5, 5.41) is 0. The molecule has 0 heterocycles. The van der Waals surface area contributed by atoms with Gasteiger partial charge in [-0.05, 0) is 30.2 Å². The van der Waals surface area contributed by atoms with E-state index < -0.39 is 0 Å². The van der Waals surface area contributed by atoms with Gasteiger partial charge in [-0.15, -0.1) is 0 Å². The third-order valence-electron chi connectivity index (χ3n) is 4.46. The van der Waals surface area contributed by atoms with Gasteiger partial charge in [-0.3, -0.25) is 0 Å². The molecule has 0 aliphatic heterocycles. The van der Waals surface area contributed by atoms with Crippen molar-refractivity contribution >= 4 is 5.57 Å². The number of allylic oxidation sites excluding steroid dienone is 4. The summed E-state index contributed by atoms with van der Waals surface area (Å²) < 4.78 is 12.3. The molecule has 0 radical (unpaired) electrons. The number of para-hydroxylation sites is 1. The highest BCUT2D eigenvalue weighted by molar-refractivity contribution is 5.81. The molecule has 0 fully saturated rings. The fourth-order valence-corrected chi connectivity index (χ4v) is 3.02. The van der Waals surface area contributed by atoms with Crippen LogP contribution in [0.5, 0.6) is 5.75 Å². The lowest BCUT2D eigenvalue weighted by atomic mass is 10.0. The standard InChI is InChI=1S/C27H26O2/c1-3-13-24(26(4-2)28-20-22-14-7-5-8-15-22)25-18-11-12-19-27(25)29-21-23-16-9-6-10-17-23/h3-19H,1,20-21H2,2H3/b24-13-,26-4+. The Kier molecular flexibility index (Phi) is 7.48. The van der Waals surface area contributed by atoms with Gasteiger partial charge in [0.15, 0.2) is 0 Å². The zero-order chi connectivity index (χ0) is 20.3. The maximum atomic E-state index is 6.15. The van der Waals surface area contributed by atoms with Crippen molar-refractivity contribution in [2.45, 2.75) is 20.1 Å².